The van der Waals surface area contributed by atoms with Crippen LogP contribution >= 0.6 is 0 Å². The predicted molar refractivity (Wildman–Crippen MR) is 577 cm³/mol. The molecule has 0 saturated heterocycles. The van der Waals surface area contributed by atoms with Crippen LogP contribution in [0, 0.1) is 11.8 Å². The summed E-state index contributed by atoms with van der Waals surface area (Å²) in [6.07, 6.45) is 5.12. The van der Waals surface area contributed by atoms with Crippen molar-refractivity contribution in [2.75, 3.05) is 9.80 Å². The van der Waals surface area contributed by atoms with Crippen molar-refractivity contribution < 1.29 is 0 Å². The van der Waals surface area contributed by atoms with Crippen LogP contribution in [0.2, 0.25) is 0 Å². The van der Waals surface area contributed by atoms with Gasteiger partial charge in [-0.3, -0.25) is 0 Å². The highest BCUT2D eigenvalue weighted by molar-refractivity contribution is 6.13. The third-order valence-corrected chi connectivity index (χ3v) is 30.9. The van der Waals surface area contributed by atoms with Gasteiger partial charge >= 0.3 is 0 Å². The maximum Gasteiger partial charge on any atom is 0.0714 e. The van der Waals surface area contributed by atoms with E-state index in [0.29, 0.717) is 5.92 Å². The second-order valence-electron chi connectivity index (χ2n) is 38.0. The average molecular weight is 1760 g/mol. The highest BCUT2D eigenvalue weighted by Gasteiger charge is 2.57. The van der Waals surface area contributed by atoms with Gasteiger partial charge < -0.3 is 18.9 Å². The lowest BCUT2D eigenvalue weighted by atomic mass is 9.67. The molecule has 2 heterocycles. The van der Waals surface area contributed by atoms with Gasteiger partial charge in [-0.15, -0.1) is 0 Å². The first kappa shape index (κ1) is 80.5. The van der Waals surface area contributed by atoms with Gasteiger partial charge in [0.15, 0.2) is 0 Å². The van der Waals surface area contributed by atoms with E-state index in [2.05, 4.69) is 529 Å². The lowest BCUT2D eigenvalue weighted by Crippen LogP contribution is -2.32. The number of hydrogen-bond donors (Lipinski definition) is 0. The smallest absolute Gasteiger partial charge is 0.0714 e. The van der Waals surface area contributed by atoms with Crippen molar-refractivity contribution in [2.45, 2.75) is 36.5 Å². The maximum atomic E-state index is 2.62. The fourth-order valence-corrected chi connectivity index (χ4v) is 25.1. The summed E-state index contributed by atoms with van der Waals surface area (Å²) in [6, 6.07) is 191. The van der Waals surface area contributed by atoms with Crippen molar-refractivity contribution in [2.24, 2.45) is 11.8 Å². The average Bonchev–Trinajstić information content (AvgIpc) is 1.53. The number of hydrogen-bond acceptors (Lipinski definition) is 2. The number of nitrogens with zero attached hydrogens (tertiary/aromatic N) is 4. The molecule has 4 nitrogen and oxygen atoms in total. The van der Waals surface area contributed by atoms with E-state index in [1.54, 1.807) is 0 Å². The largest absolute Gasteiger partial charge is 0.310 e. The zero-order chi connectivity index (χ0) is 90.9. The second-order valence-corrected chi connectivity index (χ2v) is 38.0. The summed E-state index contributed by atoms with van der Waals surface area (Å²) < 4.78 is 4.96. The van der Waals surface area contributed by atoms with Gasteiger partial charge in [0.05, 0.1) is 50.2 Å². The van der Waals surface area contributed by atoms with E-state index in [4.69, 9.17) is 0 Å². The summed E-state index contributed by atoms with van der Waals surface area (Å²) in [5.41, 5.74) is 44.6. The molecule has 21 aromatic carbocycles. The van der Waals surface area contributed by atoms with Crippen LogP contribution < -0.4 is 9.80 Å². The molecule has 0 radical (unpaired) electrons. The molecule has 0 amide bonds. The Morgan fingerprint density at radius 2 is 0.594 bits per heavy atom. The molecule has 650 valence electrons. The lowest BCUT2D eigenvalue weighted by molar-refractivity contribution is 0.327. The van der Waals surface area contributed by atoms with Gasteiger partial charge in [0.25, 0.3) is 0 Å². The van der Waals surface area contributed by atoms with Gasteiger partial charge in [-0.05, 0) is 268 Å². The first-order chi connectivity index (χ1) is 68.5. The highest BCUT2D eigenvalue weighted by atomic mass is 15.2. The summed E-state index contributed by atoms with van der Waals surface area (Å²) in [4.78, 5) is 5.11. The van der Waals surface area contributed by atoms with E-state index in [-0.39, 0.29) is 5.41 Å². The fraction of sp³-hybridized carbons (Fsp3) is 0.0597. The summed E-state index contributed by atoms with van der Waals surface area (Å²) in [5, 5.41) is 4.86. The van der Waals surface area contributed by atoms with Crippen LogP contribution in [0.5, 0.6) is 0 Å². The maximum absolute atomic E-state index is 2.62. The fourth-order valence-electron chi connectivity index (χ4n) is 25.1. The molecule has 4 heteroatoms. The van der Waals surface area contributed by atoms with E-state index < -0.39 is 5.41 Å². The Morgan fingerprint density at radius 3 is 1.17 bits per heavy atom. The van der Waals surface area contributed by atoms with Crippen LogP contribution in [-0.2, 0) is 10.8 Å². The minimum absolute atomic E-state index is 0.0145. The molecule has 4 aliphatic rings. The van der Waals surface area contributed by atoms with Crippen LogP contribution in [0.15, 0.2) is 510 Å². The summed E-state index contributed by atoms with van der Waals surface area (Å²) in [5.74, 6) is 1.36. The Morgan fingerprint density at radius 1 is 0.210 bits per heavy atom. The number of benzene rings is 21. The molecular weight excluding hydrogens is 1670 g/mol. The topological polar surface area (TPSA) is 16.3 Å². The Balaban J connectivity index is 0.552. The third-order valence-electron chi connectivity index (χ3n) is 30.9. The molecular formula is C134H94N4. The Hall–Kier alpha value is -17.2. The summed E-state index contributed by atoms with van der Waals surface area (Å²) >= 11 is 0. The SMILES string of the molecule is c1ccc(-c2ccccc2-c2ccccc2-c2ccccc2N(c2ccc(-c3ccc4c(c3)c3ccc(-c5ccc(-c6ccccc6-c6ccccc6-c6ccccc6N(c6ccc7c(c6)C6(CC8CCC6C8)c6ccccc6-7)c6ccccc6-n6c7ccccc7c7ccccc76)cc5)cc3n4-c3ccccc3)cc2)c2ccc3c(c2)C(c2ccccc2)(c2ccccc2)c2ccccc2-3)cc1. The quantitative estimate of drug-likeness (QED) is 0.0851. The number of anilines is 6. The molecule has 2 saturated carbocycles. The number of rotatable bonds is 18. The van der Waals surface area contributed by atoms with Crippen molar-refractivity contribution in [3.63, 3.8) is 0 Å². The van der Waals surface area contributed by atoms with E-state index in [9.17, 15) is 0 Å². The molecule has 27 rings (SSSR count). The molecule has 3 atom stereocenters. The van der Waals surface area contributed by atoms with Crippen LogP contribution in [0.25, 0.3) is 166 Å². The highest BCUT2D eigenvalue weighted by Crippen LogP contribution is 2.67. The third kappa shape index (κ3) is 12.7. The van der Waals surface area contributed by atoms with Crippen LogP contribution in [0.3, 0.4) is 0 Å². The van der Waals surface area contributed by atoms with Crippen molar-refractivity contribution in [1.82, 2.24) is 9.13 Å². The summed E-state index contributed by atoms with van der Waals surface area (Å²) in [7, 11) is 0. The Kier molecular flexibility index (Phi) is 19.2. The van der Waals surface area contributed by atoms with Gasteiger partial charge in [0.2, 0.25) is 0 Å². The molecule has 1 spiro atoms. The normalized spacial score (nSPS) is 15.2. The molecule has 0 aliphatic heterocycles. The van der Waals surface area contributed by atoms with Crippen molar-refractivity contribution >= 4 is 77.7 Å². The molecule has 3 unspecified atom stereocenters. The van der Waals surface area contributed by atoms with Crippen molar-refractivity contribution in [3.8, 4) is 123 Å². The minimum atomic E-state index is -0.611. The van der Waals surface area contributed by atoms with Crippen molar-refractivity contribution in [1.29, 1.82) is 0 Å². The van der Waals surface area contributed by atoms with E-state index >= 15 is 0 Å². The summed E-state index contributed by atoms with van der Waals surface area (Å²) in [6.45, 7) is 0. The van der Waals surface area contributed by atoms with Gasteiger partial charge in [-0.25, -0.2) is 0 Å². The second kappa shape index (κ2) is 32.9. The zero-order valence-corrected chi connectivity index (χ0v) is 76.3. The standard InChI is InChI=1S/C134H94N4/c1-5-35-92(36-6-1)103-43-13-15-45-105(103)107-47-17-19-49-109(107)115-53-23-29-59-125(115)135(101-77-81-114-112-52-22-28-58-122(112)134(124(114)87-101,96-37-7-2-8-38-96)97-39-9-3-10-40-97)100-75-70-91(71-76-100)94-73-82-129-120(84-94)119-79-72-95(85-132(119)136(129)99-41-11-4-12-42-99)90-66-68-93(69-67-90)104-44-14-16-46-106(104)108-48-18-20-50-110(108)116-54-24-30-60-126(116)137(130-63-33-34-64-131(130)138-127-61-31-25-55-117(127)118-56-26-32-62-128(118)138)102-78-80-113-111-51-21-27-57-121(111)133(123(113)86-102)88-89-65-74-98(133)83-89/h1-64,66-73,75-82,84-87,89,98H,65,74,83,88H2. The predicted octanol–water partition coefficient (Wildman–Crippen LogP) is 35.6. The lowest BCUT2D eigenvalue weighted by Gasteiger charge is -2.37. The first-order valence-electron chi connectivity index (χ1n) is 48.7. The zero-order valence-electron chi connectivity index (χ0n) is 76.3. The Labute approximate surface area is 804 Å². The number of aromatic nitrogens is 2. The number of fused-ring (bicyclic) bond motifs is 17. The molecule has 2 fully saturated rings. The monoisotopic (exact) mass is 1760 g/mol. The van der Waals surface area contributed by atoms with Gasteiger partial charge in [0, 0.05) is 60.8 Å². The first-order valence-corrected chi connectivity index (χ1v) is 48.7. The molecule has 2 aromatic heterocycles. The van der Waals surface area contributed by atoms with Gasteiger partial charge in [-0.2, -0.15) is 0 Å². The van der Waals surface area contributed by atoms with Gasteiger partial charge in [0.1, 0.15) is 0 Å². The van der Waals surface area contributed by atoms with E-state index in [1.165, 1.54) is 153 Å². The van der Waals surface area contributed by atoms with Crippen LogP contribution in [0.4, 0.5) is 34.1 Å². The van der Waals surface area contributed by atoms with Crippen molar-refractivity contribution in [3.05, 3.63) is 543 Å². The number of para-hydroxylation sites is 7. The van der Waals surface area contributed by atoms with Gasteiger partial charge in [-0.1, -0.05) is 413 Å². The van der Waals surface area contributed by atoms with Crippen LogP contribution in [0.1, 0.15) is 59.1 Å². The van der Waals surface area contributed by atoms with E-state index in [0.717, 1.165) is 113 Å². The Bertz CT molecular complexity index is 8630. The molecule has 4 aliphatic carbocycles. The van der Waals surface area contributed by atoms with Crippen LogP contribution in [-0.4, -0.2) is 9.13 Å². The minimum Gasteiger partial charge on any atom is -0.310 e. The van der Waals surface area contributed by atoms with E-state index in [1.807, 2.05) is 0 Å². The molecule has 138 heavy (non-hydrogen) atoms. The molecule has 0 N–H and O–H groups in total. The molecule has 2 bridgehead atoms. The molecule has 23 aromatic rings.